The molecule has 4 rings (SSSR count). The molecular formula is C23H27N3S. The van der Waals surface area contributed by atoms with E-state index in [4.69, 9.17) is 0 Å². The first-order valence-corrected chi connectivity index (χ1v) is 10.8. The van der Waals surface area contributed by atoms with Gasteiger partial charge in [-0.05, 0) is 31.4 Å². The molecular weight excluding hydrogens is 350 g/mol. The van der Waals surface area contributed by atoms with Crippen LogP contribution in [0.4, 0.5) is 0 Å². The van der Waals surface area contributed by atoms with Crippen LogP contribution in [0.15, 0.2) is 60.7 Å². The van der Waals surface area contributed by atoms with Crippen LogP contribution in [0.1, 0.15) is 48.7 Å². The lowest BCUT2D eigenvalue weighted by Crippen LogP contribution is -2.31. The molecule has 1 unspecified atom stereocenters. The van der Waals surface area contributed by atoms with Crippen molar-refractivity contribution in [3.63, 3.8) is 0 Å². The molecule has 4 heteroatoms. The molecule has 0 bridgehead atoms. The third-order valence-corrected chi connectivity index (χ3v) is 6.60. The van der Waals surface area contributed by atoms with Gasteiger partial charge < -0.3 is 0 Å². The number of rotatable bonds is 6. The maximum atomic E-state index is 4.66. The molecule has 0 amide bonds. The summed E-state index contributed by atoms with van der Waals surface area (Å²) in [7, 11) is 2.25. The minimum absolute atomic E-state index is 0.348. The van der Waals surface area contributed by atoms with Crippen LogP contribution in [0.3, 0.4) is 0 Å². The molecule has 0 N–H and O–H groups in total. The van der Waals surface area contributed by atoms with Crippen molar-refractivity contribution in [3.8, 4) is 10.6 Å². The monoisotopic (exact) mass is 377 g/mol. The summed E-state index contributed by atoms with van der Waals surface area (Å²) in [6, 6.07) is 21.5. The molecule has 1 aromatic heterocycles. The summed E-state index contributed by atoms with van der Waals surface area (Å²) in [5.74, 6) is 0.670. The van der Waals surface area contributed by atoms with Crippen LogP contribution in [-0.4, -0.2) is 22.1 Å². The van der Waals surface area contributed by atoms with Gasteiger partial charge in [0.05, 0.1) is 6.04 Å². The normalized spacial score (nSPS) is 16.5. The number of hydrogen-bond donors (Lipinski definition) is 0. The van der Waals surface area contributed by atoms with Crippen LogP contribution in [-0.2, 0) is 6.54 Å². The van der Waals surface area contributed by atoms with E-state index >= 15 is 0 Å². The van der Waals surface area contributed by atoms with Gasteiger partial charge in [0.15, 0.2) is 0 Å². The Hall–Kier alpha value is -2.04. The van der Waals surface area contributed by atoms with E-state index in [1.165, 1.54) is 42.7 Å². The van der Waals surface area contributed by atoms with Crippen molar-refractivity contribution in [2.24, 2.45) is 5.92 Å². The fraction of sp³-hybridized carbons (Fsp3) is 0.391. The average Bonchev–Trinajstić information content (AvgIpc) is 3.20. The Morgan fingerprint density at radius 3 is 2.30 bits per heavy atom. The van der Waals surface area contributed by atoms with Crippen LogP contribution in [0.2, 0.25) is 0 Å². The Bertz CT molecular complexity index is 825. The van der Waals surface area contributed by atoms with Gasteiger partial charge in [0, 0.05) is 12.1 Å². The molecule has 1 fully saturated rings. The van der Waals surface area contributed by atoms with Gasteiger partial charge >= 0.3 is 0 Å². The van der Waals surface area contributed by atoms with Gasteiger partial charge in [0.2, 0.25) is 0 Å². The second kappa shape index (κ2) is 8.77. The van der Waals surface area contributed by atoms with Crippen LogP contribution in [0.25, 0.3) is 10.6 Å². The maximum Gasteiger partial charge on any atom is 0.147 e. The molecule has 3 nitrogen and oxygen atoms in total. The van der Waals surface area contributed by atoms with E-state index < -0.39 is 0 Å². The van der Waals surface area contributed by atoms with Crippen LogP contribution in [0.5, 0.6) is 0 Å². The highest BCUT2D eigenvalue weighted by molar-refractivity contribution is 7.14. The lowest BCUT2D eigenvalue weighted by Gasteiger charge is -2.35. The van der Waals surface area contributed by atoms with E-state index in [9.17, 15) is 0 Å². The van der Waals surface area contributed by atoms with Crippen molar-refractivity contribution in [2.45, 2.75) is 44.7 Å². The summed E-state index contributed by atoms with van der Waals surface area (Å²) in [6.45, 7) is 0.947. The van der Waals surface area contributed by atoms with E-state index in [0.29, 0.717) is 12.0 Å². The zero-order valence-electron chi connectivity index (χ0n) is 15.9. The molecule has 1 saturated carbocycles. The van der Waals surface area contributed by atoms with Gasteiger partial charge in [0.25, 0.3) is 0 Å². The molecule has 1 aliphatic carbocycles. The minimum atomic E-state index is 0.348. The predicted octanol–water partition coefficient (Wildman–Crippen LogP) is 5.96. The smallest absolute Gasteiger partial charge is 0.147 e. The summed E-state index contributed by atoms with van der Waals surface area (Å²) in [4.78, 5) is 2.49. The average molecular weight is 378 g/mol. The van der Waals surface area contributed by atoms with E-state index in [0.717, 1.165) is 17.1 Å². The van der Waals surface area contributed by atoms with Gasteiger partial charge in [0.1, 0.15) is 10.0 Å². The summed E-state index contributed by atoms with van der Waals surface area (Å²) >= 11 is 1.76. The first-order chi connectivity index (χ1) is 13.3. The number of benzene rings is 2. The third kappa shape index (κ3) is 4.45. The largest absolute Gasteiger partial charge is 0.293 e. The van der Waals surface area contributed by atoms with Gasteiger partial charge in [-0.15, -0.1) is 10.2 Å². The Kier molecular flexibility index (Phi) is 5.95. The Labute approximate surface area is 166 Å². The SMILES string of the molecule is CN(Cc1ccccc1)C(c1nnc(-c2ccccc2)s1)C1CCCCC1. The highest BCUT2D eigenvalue weighted by Crippen LogP contribution is 2.40. The molecule has 27 heavy (non-hydrogen) atoms. The molecule has 2 aromatic carbocycles. The number of hydrogen-bond acceptors (Lipinski definition) is 4. The first kappa shape index (κ1) is 18.3. The van der Waals surface area contributed by atoms with Gasteiger partial charge in [-0.25, -0.2) is 0 Å². The Balaban J connectivity index is 1.60. The van der Waals surface area contributed by atoms with E-state index in [2.05, 4.69) is 76.7 Å². The van der Waals surface area contributed by atoms with Crippen molar-refractivity contribution in [1.82, 2.24) is 15.1 Å². The van der Waals surface area contributed by atoms with Crippen LogP contribution in [0, 0.1) is 5.92 Å². The zero-order chi connectivity index (χ0) is 18.5. The summed E-state index contributed by atoms with van der Waals surface area (Å²) in [5, 5.41) is 11.4. The fourth-order valence-corrected chi connectivity index (χ4v) is 5.33. The van der Waals surface area contributed by atoms with Crippen molar-refractivity contribution in [1.29, 1.82) is 0 Å². The maximum absolute atomic E-state index is 4.66. The van der Waals surface area contributed by atoms with Crippen molar-refractivity contribution in [3.05, 3.63) is 71.2 Å². The molecule has 3 aromatic rings. The van der Waals surface area contributed by atoms with E-state index in [1.54, 1.807) is 11.3 Å². The van der Waals surface area contributed by atoms with E-state index in [1.807, 2.05) is 6.07 Å². The zero-order valence-corrected chi connectivity index (χ0v) is 16.7. The van der Waals surface area contributed by atoms with Crippen LogP contribution >= 0.6 is 11.3 Å². The molecule has 0 spiro atoms. The minimum Gasteiger partial charge on any atom is -0.293 e. The topological polar surface area (TPSA) is 29.0 Å². The van der Waals surface area contributed by atoms with Crippen molar-refractivity contribution >= 4 is 11.3 Å². The van der Waals surface area contributed by atoms with Crippen molar-refractivity contribution in [2.75, 3.05) is 7.05 Å². The predicted molar refractivity (Wildman–Crippen MR) is 113 cm³/mol. The third-order valence-electron chi connectivity index (χ3n) is 5.56. The molecule has 0 saturated heterocycles. The number of nitrogens with zero attached hydrogens (tertiary/aromatic N) is 3. The van der Waals surface area contributed by atoms with Gasteiger partial charge in [-0.1, -0.05) is 91.3 Å². The standard InChI is InChI=1S/C23H27N3S/c1-26(17-18-11-5-2-6-12-18)21(19-13-7-3-8-14-19)23-25-24-22(27-23)20-15-9-4-10-16-20/h2,4-6,9-12,15-16,19,21H,3,7-8,13-14,17H2,1H3. The van der Waals surface area contributed by atoms with Gasteiger partial charge in [-0.2, -0.15) is 0 Å². The first-order valence-electron chi connectivity index (χ1n) is 9.94. The highest BCUT2D eigenvalue weighted by Gasteiger charge is 2.31. The summed E-state index contributed by atoms with van der Waals surface area (Å²) in [6.07, 6.45) is 6.64. The summed E-state index contributed by atoms with van der Waals surface area (Å²) in [5.41, 5.74) is 2.52. The fourth-order valence-electron chi connectivity index (χ4n) is 4.22. The van der Waals surface area contributed by atoms with Gasteiger partial charge in [-0.3, -0.25) is 4.90 Å². The molecule has 140 valence electrons. The van der Waals surface area contributed by atoms with Crippen LogP contribution < -0.4 is 0 Å². The lowest BCUT2D eigenvalue weighted by molar-refractivity contribution is 0.137. The second-order valence-electron chi connectivity index (χ2n) is 7.56. The number of aromatic nitrogens is 2. The summed E-state index contributed by atoms with van der Waals surface area (Å²) < 4.78 is 0. The Morgan fingerprint density at radius 2 is 1.59 bits per heavy atom. The lowest BCUT2D eigenvalue weighted by atomic mass is 9.83. The molecule has 0 aliphatic heterocycles. The Morgan fingerprint density at radius 1 is 0.926 bits per heavy atom. The molecule has 1 aliphatic rings. The van der Waals surface area contributed by atoms with Crippen molar-refractivity contribution < 1.29 is 0 Å². The molecule has 1 atom stereocenters. The molecule has 1 heterocycles. The highest BCUT2D eigenvalue weighted by atomic mass is 32.1. The van der Waals surface area contributed by atoms with E-state index in [-0.39, 0.29) is 0 Å². The quantitative estimate of drug-likeness (QED) is 0.531. The molecule has 0 radical (unpaired) electrons. The second-order valence-corrected chi connectivity index (χ2v) is 8.56.